The summed E-state index contributed by atoms with van der Waals surface area (Å²) in [5.74, 6) is -2.27. The Morgan fingerprint density at radius 3 is 1.63 bits per heavy atom. The molecular formula is C43H40N2O4. The molecule has 4 aromatic rings. The van der Waals surface area contributed by atoms with Crippen molar-refractivity contribution in [3.8, 4) is 0 Å². The average molecular weight is 649 g/mol. The van der Waals surface area contributed by atoms with E-state index in [9.17, 15) is 19.8 Å². The Balaban J connectivity index is 1.25. The van der Waals surface area contributed by atoms with Gasteiger partial charge < -0.3 is 15.1 Å². The molecule has 0 saturated carbocycles. The van der Waals surface area contributed by atoms with Gasteiger partial charge in [-0.25, -0.2) is 9.37 Å². The number of allylic oxidation sites excluding steroid dienone is 2. The van der Waals surface area contributed by atoms with Crippen LogP contribution in [0.4, 0.5) is 22.7 Å². The maximum atomic E-state index is 14.4. The summed E-state index contributed by atoms with van der Waals surface area (Å²) in [6.45, 7) is 17.7. The molecule has 6 nitrogen and oxygen atoms in total. The maximum absolute atomic E-state index is 14.4. The molecular weight excluding hydrogens is 608 g/mol. The third-order valence-electron chi connectivity index (χ3n) is 12.8. The molecule has 0 amide bonds. The van der Waals surface area contributed by atoms with Gasteiger partial charge in [-0.3, -0.25) is 4.79 Å². The maximum Gasteiger partial charge on any atom is 0.335 e. The second-order valence-corrected chi connectivity index (χ2v) is 16.7. The topological polar surface area (TPSA) is 83.7 Å². The summed E-state index contributed by atoms with van der Waals surface area (Å²) in [4.78, 5) is 28.7. The normalized spacial score (nSPS) is 22.1. The van der Waals surface area contributed by atoms with Crippen LogP contribution in [-0.2, 0) is 26.5 Å². The van der Waals surface area contributed by atoms with E-state index in [1.54, 1.807) is 18.2 Å². The second kappa shape index (κ2) is 8.78. The number of nitrogens with zero attached hydrogens (tertiary/aromatic N) is 2. The van der Waals surface area contributed by atoms with E-state index in [-0.39, 0.29) is 38.9 Å². The Morgan fingerprint density at radius 1 is 0.694 bits per heavy atom. The van der Waals surface area contributed by atoms with Crippen LogP contribution in [0, 0.1) is 5.92 Å². The van der Waals surface area contributed by atoms with E-state index >= 15 is 0 Å². The smallest absolute Gasteiger partial charge is 0.335 e. The zero-order valence-corrected chi connectivity index (χ0v) is 29.5. The zero-order valence-electron chi connectivity index (χ0n) is 29.5. The molecule has 6 heteroatoms. The summed E-state index contributed by atoms with van der Waals surface area (Å²) >= 11 is 0. The highest BCUT2D eigenvalue weighted by Crippen LogP contribution is 2.66. The third kappa shape index (κ3) is 3.31. The number of hydrogen-bond donors (Lipinski definition) is 1. The first-order chi connectivity index (χ1) is 22.9. The molecule has 4 aromatic carbocycles. The molecule has 0 aromatic heterocycles. The van der Waals surface area contributed by atoms with Crippen LogP contribution >= 0.6 is 0 Å². The monoisotopic (exact) mass is 648 g/mol. The van der Waals surface area contributed by atoms with Crippen LogP contribution in [-0.4, -0.2) is 34.2 Å². The lowest BCUT2D eigenvalue weighted by molar-refractivity contribution is -0.407. The van der Waals surface area contributed by atoms with E-state index in [1.807, 2.05) is 25.5 Å². The number of hydrogen-bond acceptors (Lipinski definition) is 4. The molecule has 246 valence electrons. The summed E-state index contributed by atoms with van der Waals surface area (Å²) < 4.78 is 1.92. The number of para-hydroxylation sites is 2. The molecule has 1 atom stereocenters. The number of carbonyl (C=O) groups excluding carboxylic acids is 1. The fraction of sp³-hybridized carbons (Fsp3) is 0.326. The fourth-order valence-electron chi connectivity index (χ4n) is 10.0. The van der Waals surface area contributed by atoms with Gasteiger partial charge in [0.15, 0.2) is 11.5 Å². The third-order valence-corrected chi connectivity index (χ3v) is 12.8. The number of carboxylic acid groups (broad SMARTS) is 1. The number of carboxylic acids is 1. The van der Waals surface area contributed by atoms with Crippen molar-refractivity contribution in [2.75, 3.05) is 11.9 Å². The van der Waals surface area contributed by atoms with E-state index in [2.05, 4.69) is 95.0 Å². The highest BCUT2D eigenvalue weighted by atomic mass is 16.4. The minimum atomic E-state index is -1.01. The number of carbonyl (C=O) groups is 2. The molecule has 5 aliphatic rings. The second-order valence-electron chi connectivity index (χ2n) is 16.7. The van der Waals surface area contributed by atoms with Gasteiger partial charge in [0.25, 0.3) is 0 Å². The molecule has 9 rings (SSSR count). The minimum Gasteiger partial charge on any atom is -0.874 e. The number of Topliss-reactive ketones (excluding diaryl/α,β-unsaturated/α-hetero) is 1. The summed E-state index contributed by atoms with van der Waals surface area (Å²) in [5.41, 5.74) is 12.8. The van der Waals surface area contributed by atoms with Crippen molar-refractivity contribution in [2.24, 2.45) is 5.92 Å². The lowest BCUT2D eigenvalue weighted by Crippen LogP contribution is -2.49. The number of fused-ring (bicyclic) bond motifs is 1. The molecule has 1 aliphatic carbocycles. The van der Waals surface area contributed by atoms with Crippen LogP contribution in [0.15, 0.2) is 72.5 Å². The molecule has 0 spiro atoms. The summed E-state index contributed by atoms with van der Waals surface area (Å²) in [5, 5.41) is 24.1. The van der Waals surface area contributed by atoms with E-state index in [0.29, 0.717) is 11.3 Å². The molecule has 49 heavy (non-hydrogen) atoms. The van der Waals surface area contributed by atoms with Crippen LogP contribution in [0.3, 0.4) is 0 Å². The van der Waals surface area contributed by atoms with Gasteiger partial charge in [0.2, 0.25) is 5.69 Å². The van der Waals surface area contributed by atoms with Crippen molar-refractivity contribution < 1.29 is 24.4 Å². The molecule has 4 aliphatic heterocycles. The highest BCUT2D eigenvalue weighted by molar-refractivity contribution is 6.37. The predicted molar refractivity (Wildman–Crippen MR) is 190 cm³/mol. The van der Waals surface area contributed by atoms with E-state index in [1.165, 1.54) is 39.3 Å². The number of aromatic carboxylic acids is 1. The van der Waals surface area contributed by atoms with Gasteiger partial charge in [-0.05, 0) is 77.1 Å². The first-order valence-corrected chi connectivity index (χ1v) is 17.1. The van der Waals surface area contributed by atoms with E-state index in [0.717, 1.165) is 22.4 Å². The molecule has 0 saturated heterocycles. The number of ketones is 1. The standard InChI is InChI=1S/C43H40N2O4/c1-40(2)23-12-10-14-25-33(23)45-34-24(40)13-11-15-26(34)42(5,6)29-20-22(19-28(35(29)45)41(25,3)4)31-36(46)32(37(31)47)38-43(7,8)27-18-21(39(48)49)16-17-30(27)44(38)9/h10-20,32H,1-9H3,(H-,46,47,48,49). The molecule has 1 unspecified atom stereocenters. The van der Waals surface area contributed by atoms with Crippen molar-refractivity contribution in [1.82, 2.24) is 0 Å². The van der Waals surface area contributed by atoms with Crippen LogP contribution in [0.5, 0.6) is 0 Å². The van der Waals surface area contributed by atoms with Gasteiger partial charge in [0.1, 0.15) is 13.0 Å². The summed E-state index contributed by atoms with van der Waals surface area (Å²) in [7, 11) is 1.87. The zero-order chi connectivity index (χ0) is 34.9. The quantitative estimate of drug-likeness (QED) is 0.230. The van der Waals surface area contributed by atoms with Crippen molar-refractivity contribution in [1.29, 1.82) is 0 Å². The molecule has 1 N–H and O–H groups in total. The van der Waals surface area contributed by atoms with Crippen LogP contribution < -0.4 is 10.0 Å². The van der Waals surface area contributed by atoms with Crippen LogP contribution in [0.2, 0.25) is 0 Å². The first kappa shape index (κ1) is 30.1. The Morgan fingerprint density at radius 2 is 1.16 bits per heavy atom. The Kier molecular flexibility index (Phi) is 5.40. The first-order valence-electron chi connectivity index (χ1n) is 17.1. The molecule has 0 fully saturated rings. The van der Waals surface area contributed by atoms with Crippen molar-refractivity contribution in [2.45, 2.75) is 77.0 Å². The molecule has 0 radical (unpaired) electrons. The van der Waals surface area contributed by atoms with Gasteiger partial charge in [-0.2, -0.15) is 0 Å². The van der Waals surface area contributed by atoms with Crippen molar-refractivity contribution in [3.05, 3.63) is 123 Å². The van der Waals surface area contributed by atoms with Crippen LogP contribution in [0.1, 0.15) is 110 Å². The van der Waals surface area contributed by atoms with Crippen molar-refractivity contribution in [3.63, 3.8) is 0 Å². The summed E-state index contributed by atoms with van der Waals surface area (Å²) in [6.07, 6.45) is 0. The highest BCUT2D eigenvalue weighted by Gasteiger charge is 2.55. The number of rotatable bonds is 3. The van der Waals surface area contributed by atoms with Gasteiger partial charge in [-0.15, -0.1) is 0 Å². The predicted octanol–water partition coefficient (Wildman–Crippen LogP) is 7.75. The van der Waals surface area contributed by atoms with Gasteiger partial charge >= 0.3 is 5.97 Å². The molecule has 4 heterocycles. The lowest BCUT2D eigenvalue weighted by atomic mass is 9.60. The van der Waals surface area contributed by atoms with Crippen molar-refractivity contribution >= 4 is 45.8 Å². The summed E-state index contributed by atoms with van der Waals surface area (Å²) in [6, 6.07) is 22.6. The lowest BCUT2D eigenvalue weighted by Gasteiger charge is -2.55. The SMILES string of the molecule is C[N+]1=C(C2C(=O)C(c3cc4c5c(c3)C(C)(C)c3cccc6c3N5c3c(cccc3C4(C)C)C6(C)C)=C2[O-])C(C)(C)c2cc(C(=O)O)ccc21. The van der Waals surface area contributed by atoms with Gasteiger partial charge in [0, 0.05) is 33.4 Å². The number of anilines is 3. The fourth-order valence-corrected chi connectivity index (χ4v) is 10.0. The van der Waals surface area contributed by atoms with E-state index < -0.39 is 17.3 Å². The Labute approximate surface area is 287 Å². The Bertz CT molecular complexity index is 2280. The molecule has 0 bridgehead atoms. The largest absolute Gasteiger partial charge is 0.874 e. The van der Waals surface area contributed by atoms with E-state index in [4.69, 9.17) is 0 Å². The minimum absolute atomic E-state index is 0.175. The van der Waals surface area contributed by atoms with Gasteiger partial charge in [-0.1, -0.05) is 83.7 Å². The van der Waals surface area contributed by atoms with Crippen LogP contribution in [0.25, 0.3) is 5.57 Å². The number of benzene rings is 4. The average Bonchev–Trinajstić information content (AvgIpc) is 3.24. The van der Waals surface area contributed by atoms with Gasteiger partial charge in [0.05, 0.1) is 28.0 Å². The Hall–Kier alpha value is -4.97.